The van der Waals surface area contributed by atoms with E-state index in [2.05, 4.69) is 46.1 Å². The summed E-state index contributed by atoms with van der Waals surface area (Å²) in [5.74, 6) is -1.23. The van der Waals surface area contributed by atoms with Crippen LogP contribution >= 0.6 is 22.6 Å². The Labute approximate surface area is 191 Å². The molecule has 0 aliphatic carbocycles. The number of halogens is 1. The zero-order valence-corrected chi connectivity index (χ0v) is 18.3. The third-order valence-corrected chi connectivity index (χ3v) is 5.63. The van der Waals surface area contributed by atoms with Gasteiger partial charge in [0.1, 0.15) is 24.6 Å². The molecule has 1 aliphatic rings. The van der Waals surface area contributed by atoms with Crippen molar-refractivity contribution in [2.45, 2.75) is 6.61 Å². The smallest absolute Gasteiger partial charge is 0.329 e. The summed E-state index contributed by atoms with van der Waals surface area (Å²) in [5.41, 5.74) is 1.80. The normalized spacial score (nSPS) is 14.9. The summed E-state index contributed by atoms with van der Waals surface area (Å²) in [7, 11) is 0. The SMILES string of the molecule is O=C(O)CN1C(=O)N/C(=C/c2ccc(OCc3cccc4ccccc34)c(I)c2)C1=O. The van der Waals surface area contributed by atoms with Crippen LogP contribution in [0.1, 0.15) is 11.1 Å². The number of urea groups is 1. The zero-order chi connectivity index (χ0) is 22.0. The van der Waals surface area contributed by atoms with Crippen LogP contribution in [0, 0.1) is 3.57 Å². The average Bonchev–Trinajstić information content (AvgIpc) is 3.00. The molecule has 1 fully saturated rings. The Hall–Kier alpha value is -3.40. The van der Waals surface area contributed by atoms with Gasteiger partial charge in [-0.25, -0.2) is 9.69 Å². The number of benzene rings is 3. The van der Waals surface area contributed by atoms with Gasteiger partial charge < -0.3 is 15.2 Å². The van der Waals surface area contributed by atoms with Crippen molar-refractivity contribution >= 4 is 57.3 Å². The molecule has 2 N–H and O–H groups in total. The Morgan fingerprint density at radius 2 is 1.87 bits per heavy atom. The Kier molecular flexibility index (Phi) is 5.90. The number of imide groups is 1. The zero-order valence-electron chi connectivity index (χ0n) is 16.2. The summed E-state index contributed by atoms with van der Waals surface area (Å²) in [4.78, 5) is 35.6. The van der Waals surface area contributed by atoms with Gasteiger partial charge >= 0.3 is 12.0 Å². The predicted octanol–water partition coefficient (Wildman–Crippen LogP) is 4.00. The van der Waals surface area contributed by atoms with Gasteiger partial charge in [-0.05, 0) is 62.7 Å². The molecule has 8 heteroatoms. The van der Waals surface area contributed by atoms with Gasteiger partial charge in [-0.2, -0.15) is 0 Å². The second-order valence-corrected chi connectivity index (χ2v) is 8.05. The largest absolute Gasteiger partial charge is 0.488 e. The molecule has 0 bridgehead atoms. The Morgan fingerprint density at radius 1 is 1.10 bits per heavy atom. The van der Waals surface area contributed by atoms with Gasteiger partial charge in [0.25, 0.3) is 5.91 Å². The van der Waals surface area contributed by atoms with Crippen molar-refractivity contribution in [2.75, 3.05) is 6.54 Å². The summed E-state index contributed by atoms with van der Waals surface area (Å²) in [6.45, 7) is -0.267. The Bertz CT molecular complexity index is 1230. The van der Waals surface area contributed by atoms with Gasteiger partial charge in [0.15, 0.2) is 0 Å². The van der Waals surface area contributed by atoms with Gasteiger partial charge in [0, 0.05) is 0 Å². The molecule has 0 radical (unpaired) electrons. The molecule has 3 amide bonds. The van der Waals surface area contributed by atoms with E-state index >= 15 is 0 Å². The Morgan fingerprint density at radius 3 is 2.65 bits per heavy atom. The van der Waals surface area contributed by atoms with Gasteiger partial charge in [-0.3, -0.25) is 9.59 Å². The van der Waals surface area contributed by atoms with Crippen LogP contribution in [0.3, 0.4) is 0 Å². The van der Waals surface area contributed by atoms with Gasteiger partial charge in [-0.15, -0.1) is 0 Å². The van der Waals surface area contributed by atoms with Crippen molar-refractivity contribution in [1.82, 2.24) is 10.2 Å². The van der Waals surface area contributed by atoms with Crippen molar-refractivity contribution in [3.63, 3.8) is 0 Å². The maximum atomic E-state index is 12.3. The molecule has 0 atom stereocenters. The number of ether oxygens (including phenoxy) is 1. The molecule has 0 spiro atoms. The highest BCUT2D eigenvalue weighted by atomic mass is 127. The van der Waals surface area contributed by atoms with Crippen LogP contribution in [0.2, 0.25) is 0 Å². The predicted molar refractivity (Wildman–Crippen MR) is 123 cm³/mol. The number of carboxylic acid groups (broad SMARTS) is 1. The van der Waals surface area contributed by atoms with Crippen LogP contribution in [-0.4, -0.2) is 34.5 Å². The van der Waals surface area contributed by atoms with Crippen LogP contribution in [0.15, 0.2) is 66.4 Å². The number of amides is 3. The van der Waals surface area contributed by atoms with E-state index in [0.29, 0.717) is 22.8 Å². The van der Waals surface area contributed by atoms with Crippen molar-refractivity contribution < 1.29 is 24.2 Å². The van der Waals surface area contributed by atoms with E-state index < -0.39 is 24.5 Å². The fraction of sp³-hybridized carbons (Fsp3) is 0.0870. The monoisotopic (exact) mass is 528 g/mol. The van der Waals surface area contributed by atoms with Crippen molar-refractivity contribution in [3.8, 4) is 5.75 Å². The molecule has 1 aliphatic heterocycles. The molecule has 0 aromatic heterocycles. The van der Waals surface area contributed by atoms with Crippen LogP contribution in [0.4, 0.5) is 4.79 Å². The summed E-state index contributed by atoms with van der Waals surface area (Å²) >= 11 is 2.15. The van der Waals surface area contributed by atoms with Gasteiger partial charge in [-0.1, -0.05) is 48.5 Å². The molecule has 156 valence electrons. The van der Waals surface area contributed by atoms with Crippen LogP contribution in [0.25, 0.3) is 16.8 Å². The quantitative estimate of drug-likeness (QED) is 0.287. The molecular weight excluding hydrogens is 511 g/mol. The number of carboxylic acids is 1. The highest BCUT2D eigenvalue weighted by Gasteiger charge is 2.34. The van der Waals surface area contributed by atoms with E-state index in [1.807, 2.05) is 30.3 Å². The number of nitrogens with zero attached hydrogens (tertiary/aromatic N) is 1. The minimum absolute atomic E-state index is 0.0338. The second kappa shape index (κ2) is 8.76. The Balaban J connectivity index is 1.50. The minimum atomic E-state index is -1.26. The lowest BCUT2D eigenvalue weighted by molar-refractivity contribution is -0.140. The summed E-state index contributed by atoms with van der Waals surface area (Å²) < 4.78 is 6.86. The van der Waals surface area contributed by atoms with Crippen LogP contribution in [-0.2, 0) is 16.2 Å². The van der Waals surface area contributed by atoms with Crippen molar-refractivity contribution in [2.24, 2.45) is 0 Å². The van der Waals surface area contributed by atoms with Crippen LogP contribution in [0.5, 0.6) is 5.75 Å². The van der Waals surface area contributed by atoms with E-state index in [4.69, 9.17) is 9.84 Å². The van der Waals surface area contributed by atoms with Crippen LogP contribution < -0.4 is 10.1 Å². The molecule has 1 saturated heterocycles. The maximum absolute atomic E-state index is 12.3. The number of aliphatic carboxylic acids is 1. The number of carbonyl (C=O) groups is 3. The second-order valence-electron chi connectivity index (χ2n) is 6.89. The van der Waals surface area contributed by atoms with E-state index in [-0.39, 0.29) is 5.70 Å². The maximum Gasteiger partial charge on any atom is 0.329 e. The highest BCUT2D eigenvalue weighted by molar-refractivity contribution is 14.1. The third-order valence-electron chi connectivity index (χ3n) is 4.79. The molecular formula is C23H17IN2O5. The summed E-state index contributed by atoms with van der Waals surface area (Å²) in [6.07, 6.45) is 1.51. The molecule has 31 heavy (non-hydrogen) atoms. The van der Waals surface area contributed by atoms with Gasteiger partial charge in [0.05, 0.1) is 3.57 Å². The van der Waals surface area contributed by atoms with Crippen molar-refractivity contribution in [3.05, 3.63) is 81.1 Å². The first kappa shape index (κ1) is 20.9. The molecule has 0 saturated carbocycles. The van der Waals surface area contributed by atoms with E-state index in [9.17, 15) is 14.4 Å². The number of nitrogens with one attached hydrogen (secondary N) is 1. The highest BCUT2D eigenvalue weighted by Crippen LogP contribution is 2.26. The fourth-order valence-corrected chi connectivity index (χ4v) is 4.01. The van der Waals surface area contributed by atoms with Gasteiger partial charge in [0.2, 0.25) is 0 Å². The first-order valence-corrected chi connectivity index (χ1v) is 10.5. The number of carbonyl (C=O) groups excluding carboxylic acids is 2. The van der Waals surface area contributed by atoms with Crippen molar-refractivity contribution in [1.29, 1.82) is 0 Å². The molecule has 1 heterocycles. The molecule has 7 nitrogen and oxygen atoms in total. The molecule has 3 aromatic rings. The first-order chi connectivity index (χ1) is 14.9. The van der Waals surface area contributed by atoms with E-state index in [1.54, 1.807) is 12.1 Å². The summed E-state index contributed by atoms with van der Waals surface area (Å²) in [5, 5.41) is 13.5. The number of hydrogen-bond acceptors (Lipinski definition) is 4. The van der Waals surface area contributed by atoms with E-state index in [1.165, 1.54) is 6.08 Å². The summed E-state index contributed by atoms with van der Waals surface area (Å²) in [6, 6.07) is 18.9. The lowest BCUT2D eigenvalue weighted by Gasteiger charge is -2.11. The first-order valence-electron chi connectivity index (χ1n) is 9.38. The molecule has 4 rings (SSSR count). The lowest BCUT2D eigenvalue weighted by Crippen LogP contribution is -2.35. The average molecular weight is 528 g/mol. The molecule has 3 aromatic carbocycles. The van der Waals surface area contributed by atoms with E-state index in [0.717, 1.165) is 19.9 Å². The standard InChI is InChI=1S/C23H17IN2O5/c24-18-10-14(11-19-22(29)26(12-21(27)28)23(30)25-19)8-9-20(18)31-13-16-6-3-5-15-4-1-2-7-17(15)16/h1-11H,12-13H2,(H,25,30)(H,27,28)/b19-11+. The number of fused-ring (bicyclic) bond motifs is 1. The molecule has 0 unspecified atom stereocenters. The third kappa shape index (κ3) is 4.53. The topological polar surface area (TPSA) is 95.9 Å². The fourth-order valence-electron chi connectivity index (χ4n) is 3.31. The lowest BCUT2D eigenvalue weighted by atomic mass is 10.1. The number of hydrogen-bond donors (Lipinski definition) is 2. The minimum Gasteiger partial charge on any atom is -0.488 e. The number of rotatable bonds is 6.